The van der Waals surface area contributed by atoms with Crippen LogP contribution in [0.4, 0.5) is 5.69 Å². The molecule has 1 heterocycles. The molecule has 1 aliphatic rings. The average Bonchev–Trinajstić information content (AvgIpc) is 2.57. The van der Waals surface area contributed by atoms with E-state index in [0.717, 1.165) is 5.56 Å². The van der Waals surface area contributed by atoms with Crippen molar-refractivity contribution in [2.75, 3.05) is 0 Å². The molecule has 0 aliphatic carbocycles. The molecule has 7 heteroatoms. The number of benzene rings is 1. The van der Waals surface area contributed by atoms with Crippen molar-refractivity contribution in [2.45, 2.75) is 44.2 Å². The molecule has 0 radical (unpaired) electrons. The fraction of sp³-hybridized carbons (Fsp3) is 0.538. The highest BCUT2D eigenvalue weighted by molar-refractivity contribution is 9.08. The third-order valence-corrected chi connectivity index (χ3v) is 4.60. The lowest BCUT2D eigenvalue weighted by Crippen LogP contribution is -2.41. The topological polar surface area (TPSA) is 61.6 Å². The van der Waals surface area contributed by atoms with E-state index in [1.165, 1.54) is 12.1 Å². The standard InChI is InChI=1S/C13H17BBrNO4/c1-12(2)13(3,4)20-14(19-12)11-7-10(16(17)18)6-5-9(11)8-15/h5-7H,8H2,1-4H3. The Balaban J connectivity index is 2.43. The van der Waals surface area contributed by atoms with Gasteiger partial charge in [0.05, 0.1) is 16.1 Å². The van der Waals surface area contributed by atoms with Gasteiger partial charge in [-0.05, 0) is 38.7 Å². The normalized spacial score (nSPS) is 20.1. The van der Waals surface area contributed by atoms with Crippen LogP contribution in [0.25, 0.3) is 0 Å². The predicted molar refractivity (Wildman–Crippen MR) is 81.4 cm³/mol. The summed E-state index contributed by atoms with van der Waals surface area (Å²) in [5, 5.41) is 11.5. The number of hydrogen-bond donors (Lipinski definition) is 0. The lowest BCUT2D eigenvalue weighted by Gasteiger charge is -2.32. The minimum Gasteiger partial charge on any atom is -0.399 e. The summed E-state index contributed by atoms with van der Waals surface area (Å²) >= 11 is 3.39. The number of non-ortho nitro benzene ring substituents is 1. The van der Waals surface area contributed by atoms with Crippen LogP contribution in [0.1, 0.15) is 33.3 Å². The number of nitro groups is 1. The molecule has 5 nitrogen and oxygen atoms in total. The summed E-state index contributed by atoms with van der Waals surface area (Å²) in [5.41, 5.74) is 0.737. The first kappa shape index (κ1) is 15.5. The Bertz CT molecular complexity index is 531. The van der Waals surface area contributed by atoms with E-state index < -0.39 is 23.2 Å². The highest BCUT2D eigenvalue weighted by Gasteiger charge is 2.52. The molecule has 1 fully saturated rings. The lowest BCUT2D eigenvalue weighted by atomic mass is 9.76. The van der Waals surface area contributed by atoms with Crippen molar-refractivity contribution in [3.05, 3.63) is 33.9 Å². The van der Waals surface area contributed by atoms with Crippen LogP contribution in [0.3, 0.4) is 0 Å². The number of halogens is 1. The summed E-state index contributed by atoms with van der Waals surface area (Å²) in [7, 11) is -0.590. The number of nitro benzene ring substituents is 1. The number of rotatable bonds is 3. The maximum Gasteiger partial charge on any atom is 0.495 e. The van der Waals surface area contributed by atoms with Gasteiger partial charge in [-0.3, -0.25) is 10.1 Å². The van der Waals surface area contributed by atoms with E-state index in [0.29, 0.717) is 10.8 Å². The second-order valence-corrected chi connectivity index (χ2v) is 6.42. The van der Waals surface area contributed by atoms with Gasteiger partial charge in [0.25, 0.3) is 5.69 Å². The Labute approximate surface area is 127 Å². The maximum absolute atomic E-state index is 10.9. The highest BCUT2D eigenvalue weighted by atomic mass is 79.9. The summed E-state index contributed by atoms with van der Waals surface area (Å²) in [6, 6.07) is 4.75. The van der Waals surface area contributed by atoms with E-state index in [4.69, 9.17) is 9.31 Å². The van der Waals surface area contributed by atoms with Gasteiger partial charge < -0.3 is 9.31 Å². The average molecular weight is 342 g/mol. The molecule has 1 aromatic carbocycles. The molecule has 108 valence electrons. The molecule has 1 saturated heterocycles. The van der Waals surface area contributed by atoms with Crippen LogP contribution in [0.2, 0.25) is 0 Å². The zero-order chi connectivity index (χ0) is 15.1. The van der Waals surface area contributed by atoms with E-state index in [1.54, 1.807) is 6.07 Å². The minimum atomic E-state index is -0.590. The van der Waals surface area contributed by atoms with Crippen molar-refractivity contribution in [1.29, 1.82) is 0 Å². The molecule has 0 unspecified atom stereocenters. The SMILES string of the molecule is CC1(C)OB(c2cc([N+](=O)[O-])ccc2CBr)OC1(C)C. The van der Waals surface area contributed by atoms with Gasteiger partial charge in [-0.2, -0.15) is 0 Å². The molecule has 0 N–H and O–H groups in total. The zero-order valence-corrected chi connectivity index (χ0v) is 13.6. The number of nitrogens with zero attached hydrogens (tertiary/aromatic N) is 1. The van der Waals surface area contributed by atoms with E-state index >= 15 is 0 Å². The zero-order valence-electron chi connectivity index (χ0n) is 12.0. The smallest absolute Gasteiger partial charge is 0.399 e. The van der Waals surface area contributed by atoms with Crippen LogP contribution in [-0.2, 0) is 14.6 Å². The van der Waals surface area contributed by atoms with Gasteiger partial charge in [-0.1, -0.05) is 22.0 Å². The molecule has 1 aromatic rings. The molecule has 0 atom stereocenters. The molecular weight excluding hydrogens is 325 g/mol. The van der Waals surface area contributed by atoms with Crippen molar-refractivity contribution in [1.82, 2.24) is 0 Å². The summed E-state index contributed by atoms with van der Waals surface area (Å²) in [6.07, 6.45) is 0. The van der Waals surface area contributed by atoms with Gasteiger partial charge in [0.2, 0.25) is 0 Å². The number of hydrogen-bond acceptors (Lipinski definition) is 4. The first-order chi connectivity index (χ1) is 9.18. The van der Waals surface area contributed by atoms with Gasteiger partial charge in [-0.25, -0.2) is 0 Å². The Morgan fingerprint density at radius 1 is 1.25 bits per heavy atom. The molecule has 20 heavy (non-hydrogen) atoms. The van der Waals surface area contributed by atoms with Crippen LogP contribution >= 0.6 is 15.9 Å². The van der Waals surface area contributed by atoms with Gasteiger partial charge in [0, 0.05) is 17.5 Å². The van der Waals surface area contributed by atoms with Gasteiger partial charge in [0.15, 0.2) is 0 Å². The summed E-state index contributed by atoms with van der Waals surface area (Å²) in [4.78, 5) is 10.5. The van der Waals surface area contributed by atoms with Crippen molar-refractivity contribution in [2.24, 2.45) is 0 Å². The molecule has 0 amide bonds. The molecular formula is C13H17BBrNO4. The summed E-state index contributed by atoms with van der Waals surface area (Å²) in [5.74, 6) is 0. The minimum absolute atomic E-state index is 0.0411. The van der Waals surface area contributed by atoms with Crippen molar-refractivity contribution >= 4 is 34.2 Å². The maximum atomic E-state index is 10.9. The Morgan fingerprint density at radius 2 is 1.80 bits per heavy atom. The van der Waals surface area contributed by atoms with Gasteiger partial charge in [0.1, 0.15) is 0 Å². The Kier molecular flexibility index (Phi) is 3.97. The Hall–Kier alpha value is -0.915. The fourth-order valence-electron chi connectivity index (χ4n) is 2.01. The molecule has 0 bridgehead atoms. The third kappa shape index (κ3) is 2.62. The monoisotopic (exact) mass is 341 g/mol. The number of alkyl halides is 1. The van der Waals surface area contributed by atoms with Crippen LogP contribution in [0, 0.1) is 10.1 Å². The fourth-order valence-corrected chi connectivity index (χ4v) is 2.52. The Morgan fingerprint density at radius 3 is 2.25 bits per heavy atom. The first-order valence-electron chi connectivity index (χ1n) is 6.37. The van der Waals surface area contributed by atoms with Crippen molar-refractivity contribution < 1.29 is 14.2 Å². The van der Waals surface area contributed by atoms with E-state index in [2.05, 4.69) is 15.9 Å². The second-order valence-electron chi connectivity index (χ2n) is 5.86. The second kappa shape index (κ2) is 5.13. The van der Waals surface area contributed by atoms with Crippen LogP contribution < -0.4 is 5.46 Å². The van der Waals surface area contributed by atoms with Crippen molar-refractivity contribution in [3.63, 3.8) is 0 Å². The lowest BCUT2D eigenvalue weighted by molar-refractivity contribution is -0.384. The van der Waals surface area contributed by atoms with E-state index in [9.17, 15) is 10.1 Å². The first-order valence-corrected chi connectivity index (χ1v) is 7.49. The quantitative estimate of drug-likeness (QED) is 0.367. The third-order valence-electron chi connectivity index (χ3n) is 3.99. The van der Waals surface area contributed by atoms with Crippen LogP contribution in [0.5, 0.6) is 0 Å². The van der Waals surface area contributed by atoms with Gasteiger partial charge >= 0.3 is 7.12 Å². The predicted octanol–water partition coefficient (Wildman–Crippen LogP) is 2.79. The van der Waals surface area contributed by atoms with Gasteiger partial charge in [-0.15, -0.1) is 0 Å². The van der Waals surface area contributed by atoms with E-state index in [-0.39, 0.29) is 5.69 Å². The van der Waals surface area contributed by atoms with E-state index in [1.807, 2.05) is 27.7 Å². The molecule has 0 saturated carbocycles. The highest BCUT2D eigenvalue weighted by Crippen LogP contribution is 2.37. The van der Waals surface area contributed by atoms with Crippen LogP contribution in [0.15, 0.2) is 18.2 Å². The molecule has 1 aliphatic heterocycles. The molecule has 0 spiro atoms. The van der Waals surface area contributed by atoms with Crippen molar-refractivity contribution in [3.8, 4) is 0 Å². The largest absolute Gasteiger partial charge is 0.495 e. The summed E-state index contributed by atoms with van der Waals surface area (Å²) < 4.78 is 11.9. The van der Waals surface area contributed by atoms with Crippen LogP contribution in [-0.4, -0.2) is 23.2 Å². The summed E-state index contributed by atoms with van der Waals surface area (Å²) in [6.45, 7) is 7.83. The molecule has 2 rings (SSSR count). The molecule has 0 aromatic heterocycles.